The van der Waals surface area contributed by atoms with Crippen LogP contribution in [0, 0.1) is 11.3 Å². The van der Waals surface area contributed by atoms with Gasteiger partial charge >= 0.3 is 0 Å². The highest BCUT2D eigenvalue weighted by atomic mass is 15.0. The van der Waals surface area contributed by atoms with Crippen LogP contribution in [0.15, 0.2) is 6.33 Å². The molecule has 0 spiro atoms. The number of aryl methyl sites for hydroxylation is 1. The van der Waals surface area contributed by atoms with Gasteiger partial charge in [0.15, 0.2) is 5.69 Å². The Hall–Kier alpha value is -1.30. The molecule has 1 aromatic heterocycles. The van der Waals surface area contributed by atoms with Gasteiger partial charge in [0.1, 0.15) is 6.07 Å². The second kappa shape index (κ2) is 2.75. The molecule has 0 fully saturated rings. The Morgan fingerprint density at radius 2 is 2.27 bits per heavy atom. The van der Waals surface area contributed by atoms with E-state index in [1.54, 1.807) is 6.33 Å². The van der Waals surface area contributed by atoms with Gasteiger partial charge in [0.05, 0.1) is 12.0 Å². The van der Waals surface area contributed by atoms with Crippen molar-refractivity contribution in [3.8, 4) is 6.07 Å². The lowest BCUT2D eigenvalue weighted by Gasteiger charge is -2.04. The summed E-state index contributed by atoms with van der Waals surface area (Å²) in [7, 11) is 1.91. The zero-order valence-corrected chi connectivity index (χ0v) is 7.00. The fourth-order valence-corrected chi connectivity index (χ4v) is 1.21. The minimum atomic E-state index is 0.358. The number of hydrogen-bond acceptors (Lipinski definition) is 2. The van der Waals surface area contributed by atoms with Crippen molar-refractivity contribution in [3.05, 3.63) is 17.7 Å². The van der Waals surface area contributed by atoms with Gasteiger partial charge in [-0.15, -0.1) is 0 Å². The van der Waals surface area contributed by atoms with Crippen LogP contribution in [0.25, 0.3) is 0 Å². The molecule has 1 rings (SSSR count). The summed E-state index contributed by atoms with van der Waals surface area (Å²) in [5.74, 6) is 0.358. The number of imidazole rings is 1. The van der Waals surface area contributed by atoms with E-state index in [2.05, 4.69) is 24.9 Å². The lowest BCUT2D eigenvalue weighted by molar-refractivity contribution is 0.738. The van der Waals surface area contributed by atoms with Gasteiger partial charge in [-0.25, -0.2) is 4.98 Å². The molecule has 0 aliphatic rings. The molecule has 0 N–H and O–H groups in total. The van der Waals surface area contributed by atoms with Crippen molar-refractivity contribution in [2.75, 3.05) is 0 Å². The number of nitriles is 1. The first-order valence-electron chi connectivity index (χ1n) is 3.58. The average Bonchev–Trinajstić information content (AvgIpc) is 2.30. The Labute approximate surface area is 66.3 Å². The zero-order chi connectivity index (χ0) is 8.43. The molecule has 0 amide bonds. The van der Waals surface area contributed by atoms with Crippen LogP contribution < -0.4 is 0 Å². The lowest BCUT2D eigenvalue weighted by atomic mass is 10.1. The van der Waals surface area contributed by atoms with E-state index >= 15 is 0 Å². The first kappa shape index (κ1) is 7.80. The van der Waals surface area contributed by atoms with Crippen LogP contribution >= 0.6 is 0 Å². The topological polar surface area (TPSA) is 41.6 Å². The molecular weight excluding hydrogens is 138 g/mol. The third-order valence-corrected chi connectivity index (χ3v) is 1.64. The molecular formula is C8H11N3. The molecule has 0 bridgehead atoms. The third kappa shape index (κ3) is 1.25. The maximum atomic E-state index is 8.65. The van der Waals surface area contributed by atoms with Crippen molar-refractivity contribution >= 4 is 0 Å². The van der Waals surface area contributed by atoms with Crippen LogP contribution in [0.2, 0.25) is 0 Å². The highest BCUT2D eigenvalue weighted by Crippen LogP contribution is 2.16. The highest BCUT2D eigenvalue weighted by Gasteiger charge is 2.10. The summed E-state index contributed by atoms with van der Waals surface area (Å²) in [5.41, 5.74) is 1.55. The van der Waals surface area contributed by atoms with Gasteiger partial charge in [0, 0.05) is 7.05 Å². The van der Waals surface area contributed by atoms with E-state index in [9.17, 15) is 0 Å². The van der Waals surface area contributed by atoms with Gasteiger partial charge in [-0.3, -0.25) is 0 Å². The van der Waals surface area contributed by atoms with Gasteiger partial charge in [0.2, 0.25) is 0 Å². The Morgan fingerprint density at radius 1 is 1.64 bits per heavy atom. The van der Waals surface area contributed by atoms with Gasteiger partial charge in [-0.05, 0) is 5.92 Å². The van der Waals surface area contributed by atoms with Gasteiger partial charge in [-0.2, -0.15) is 5.26 Å². The van der Waals surface area contributed by atoms with E-state index in [4.69, 9.17) is 5.26 Å². The Balaban J connectivity index is 3.21. The smallest absolute Gasteiger partial charge is 0.161 e. The molecule has 3 heteroatoms. The minimum absolute atomic E-state index is 0.358. The summed E-state index contributed by atoms with van der Waals surface area (Å²) in [6, 6.07) is 2.07. The zero-order valence-electron chi connectivity index (χ0n) is 7.00. The SMILES string of the molecule is CC(C)c1c(C#N)ncn1C. The van der Waals surface area contributed by atoms with Crippen molar-refractivity contribution in [1.29, 1.82) is 5.26 Å². The van der Waals surface area contributed by atoms with Crippen LogP contribution in [0.4, 0.5) is 0 Å². The first-order valence-corrected chi connectivity index (χ1v) is 3.58. The summed E-state index contributed by atoms with van der Waals surface area (Å²) >= 11 is 0. The van der Waals surface area contributed by atoms with Crippen molar-refractivity contribution in [2.45, 2.75) is 19.8 Å². The molecule has 0 radical (unpaired) electrons. The summed E-state index contributed by atoms with van der Waals surface area (Å²) in [6.45, 7) is 4.11. The molecule has 3 nitrogen and oxygen atoms in total. The monoisotopic (exact) mass is 149 g/mol. The quantitative estimate of drug-likeness (QED) is 0.605. The van der Waals surface area contributed by atoms with Crippen LogP contribution in [-0.4, -0.2) is 9.55 Å². The van der Waals surface area contributed by atoms with Crippen molar-refractivity contribution in [3.63, 3.8) is 0 Å². The number of aromatic nitrogens is 2. The Bertz CT molecular complexity index is 291. The predicted molar refractivity (Wildman–Crippen MR) is 42.0 cm³/mol. The van der Waals surface area contributed by atoms with Crippen molar-refractivity contribution in [1.82, 2.24) is 9.55 Å². The average molecular weight is 149 g/mol. The van der Waals surface area contributed by atoms with Crippen LogP contribution in [-0.2, 0) is 7.05 Å². The predicted octanol–water partition coefficient (Wildman–Crippen LogP) is 1.42. The number of hydrogen-bond donors (Lipinski definition) is 0. The van der Waals surface area contributed by atoms with E-state index in [-0.39, 0.29) is 0 Å². The Morgan fingerprint density at radius 3 is 2.64 bits per heavy atom. The van der Waals surface area contributed by atoms with E-state index in [0.29, 0.717) is 11.6 Å². The van der Waals surface area contributed by atoms with E-state index in [0.717, 1.165) is 5.69 Å². The van der Waals surface area contributed by atoms with Crippen LogP contribution in [0.5, 0.6) is 0 Å². The van der Waals surface area contributed by atoms with Gasteiger partial charge < -0.3 is 4.57 Å². The molecule has 0 saturated heterocycles. The van der Waals surface area contributed by atoms with Gasteiger partial charge in [0.25, 0.3) is 0 Å². The first-order chi connectivity index (χ1) is 5.16. The summed E-state index contributed by atoms with van der Waals surface area (Å²) in [5, 5.41) is 8.65. The minimum Gasteiger partial charge on any atom is -0.336 e. The molecule has 11 heavy (non-hydrogen) atoms. The summed E-state index contributed by atoms with van der Waals surface area (Å²) in [6.07, 6.45) is 1.67. The second-order valence-electron chi connectivity index (χ2n) is 2.86. The van der Waals surface area contributed by atoms with Crippen LogP contribution in [0.3, 0.4) is 0 Å². The molecule has 58 valence electrons. The van der Waals surface area contributed by atoms with Crippen molar-refractivity contribution < 1.29 is 0 Å². The third-order valence-electron chi connectivity index (χ3n) is 1.64. The van der Waals surface area contributed by atoms with E-state index < -0.39 is 0 Å². The molecule has 0 atom stereocenters. The molecule has 1 aromatic rings. The van der Waals surface area contributed by atoms with E-state index in [1.807, 2.05) is 11.6 Å². The molecule has 1 heterocycles. The molecule has 0 aliphatic carbocycles. The maximum absolute atomic E-state index is 8.65. The normalized spacial score (nSPS) is 10.1. The van der Waals surface area contributed by atoms with Crippen molar-refractivity contribution in [2.24, 2.45) is 7.05 Å². The fraction of sp³-hybridized carbons (Fsp3) is 0.500. The lowest BCUT2D eigenvalue weighted by Crippen LogP contribution is -1.98. The standard InChI is InChI=1S/C8H11N3/c1-6(2)8-7(4-9)10-5-11(8)3/h5-6H,1-3H3. The molecule has 0 saturated carbocycles. The molecule has 0 aromatic carbocycles. The van der Waals surface area contributed by atoms with E-state index in [1.165, 1.54) is 0 Å². The Kier molecular flexibility index (Phi) is 1.95. The fourth-order valence-electron chi connectivity index (χ4n) is 1.21. The number of nitrogens with zero attached hydrogens (tertiary/aromatic N) is 3. The summed E-state index contributed by atoms with van der Waals surface area (Å²) < 4.78 is 1.89. The van der Waals surface area contributed by atoms with Gasteiger partial charge in [-0.1, -0.05) is 13.8 Å². The molecule has 0 unspecified atom stereocenters. The number of rotatable bonds is 1. The highest BCUT2D eigenvalue weighted by molar-refractivity contribution is 5.28. The molecule has 0 aliphatic heterocycles. The van der Waals surface area contributed by atoms with Crippen LogP contribution in [0.1, 0.15) is 31.2 Å². The largest absolute Gasteiger partial charge is 0.336 e. The second-order valence-corrected chi connectivity index (χ2v) is 2.86. The summed E-state index contributed by atoms with van der Waals surface area (Å²) in [4.78, 5) is 3.96. The maximum Gasteiger partial charge on any atom is 0.161 e.